The van der Waals surface area contributed by atoms with Gasteiger partial charge in [-0.2, -0.15) is 0 Å². The van der Waals surface area contributed by atoms with E-state index in [9.17, 15) is 0 Å². The fraction of sp³-hybridized carbons (Fsp3) is 0.200. The smallest absolute Gasteiger partial charge is 0.208 e. The largest absolute Gasteiger partial charge is 0.482 e. The van der Waals surface area contributed by atoms with E-state index in [4.69, 9.17) is 4.74 Å². The Balaban J connectivity index is 1.17. The monoisotopic (exact) mass is 443 g/mol. The van der Waals surface area contributed by atoms with Crippen molar-refractivity contribution in [1.29, 1.82) is 0 Å². The molecule has 2 aromatic heterocycles. The third-order valence-electron chi connectivity index (χ3n) is 6.02. The highest BCUT2D eigenvalue weighted by atomic mass is 32.1. The highest BCUT2D eigenvalue weighted by molar-refractivity contribution is 7.22. The topological polar surface area (TPSA) is 38.2 Å². The van der Waals surface area contributed by atoms with E-state index in [1.165, 1.54) is 16.0 Å². The molecule has 31 heavy (non-hydrogen) atoms. The summed E-state index contributed by atoms with van der Waals surface area (Å²) in [6, 6.07) is 21.1. The van der Waals surface area contributed by atoms with Gasteiger partial charge in [-0.1, -0.05) is 59.9 Å². The molecule has 4 heterocycles. The van der Waals surface area contributed by atoms with Crippen molar-refractivity contribution in [2.45, 2.75) is 18.4 Å². The van der Waals surface area contributed by atoms with Crippen molar-refractivity contribution < 1.29 is 4.74 Å². The molecular weight excluding hydrogens is 422 g/mol. The van der Waals surface area contributed by atoms with Gasteiger partial charge in [-0.05, 0) is 40.8 Å². The number of hydrogen-bond donors (Lipinski definition) is 0. The molecule has 0 unspecified atom stereocenters. The summed E-state index contributed by atoms with van der Waals surface area (Å²) in [7, 11) is 0. The third-order valence-corrected chi connectivity index (χ3v) is 8.05. The minimum atomic E-state index is -0.223. The lowest BCUT2D eigenvalue weighted by Crippen LogP contribution is -2.47. The van der Waals surface area contributed by atoms with Gasteiger partial charge in [-0.3, -0.25) is 0 Å². The molecule has 154 valence electrons. The highest BCUT2D eigenvalue weighted by Gasteiger charge is 2.37. The lowest BCUT2D eigenvalue weighted by atomic mass is 9.88. The van der Waals surface area contributed by atoms with Crippen molar-refractivity contribution >= 4 is 33.9 Å². The van der Waals surface area contributed by atoms with Crippen molar-refractivity contribution in [3.05, 3.63) is 77.7 Å². The number of thiophene rings is 1. The molecule has 0 aliphatic carbocycles. The molecule has 0 atom stereocenters. The van der Waals surface area contributed by atoms with Gasteiger partial charge in [0.05, 0.1) is 4.88 Å². The van der Waals surface area contributed by atoms with E-state index in [0.29, 0.717) is 0 Å². The molecule has 0 saturated carbocycles. The number of anilines is 1. The van der Waals surface area contributed by atoms with E-state index >= 15 is 0 Å². The first-order valence-electron chi connectivity index (χ1n) is 10.5. The number of rotatable bonds is 3. The summed E-state index contributed by atoms with van der Waals surface area (Å²) >= 11 is 3.38. The Morgan fingerprint density at radius 1 is 0.903 bits per heavy atom. The van der Waals surface area contributed by atoms with Crippen LogP contribution in [0.2, 0.25) is 0 Å². The molecule has 4 nitrogen and oxygen atoms in total. The molecule has 1 spiro atoms. The van der Waals surface area contributed by atoms with Crippen LogP contribution in [0.3, 0.4) is 0 Å². The molecule has 6 rings (SSSR count). The van der Waals surface area contributed by atoms with Gasteiger partial charge in [-0.15, -0.1) is 21.5 Å². The minimum Gasteiger partial charge on any atom is -0.482 e. The number of fused-ring (bicyclic) bond motifs is 1. The number of aromatic nitrogens is 2. The summed E-state index contributed by atoms with van der Waals surface area (Å²) in [6.45, 7) is 1.84. The van der Waals surface area contributed by atoms with Crippen LogP contribution < -0.4 is 9.64 Å². The van der Waals surface area contributed by atoms with Crippen LogP contribution >= 0.6 is 22.7 Å². The number of hydrogen-bond acceptors (Lipinski definition) is 6. The van der Waals surface area contributed by atoms with Crippen LogP contribution in [0.5, 0.6) is 5.75 Å². The maximum Gasteiger partial charge on any atom is 0.208 e. The SMILES string of the molecule is C1=CC2(CCN(c3nnc(-c4cccs4)s3)CC2)Oc2ccc(-c3ccccc3)cc21. The third kappa shape index (κ3) is 3.56. The van der Waals surface area contributed by atoms with E-state index in [0.717, 1.165) is 47.4 Å². The minimum absolute atomic E-state index is 0.223. The van der Waals surface area contributed by atoms with Gasteiger partial charge < -0.3 is 9.64 Å². The highest BCUT2D eigenvalue weighted by Crippen LogP contribution is 2.40. The van der Waals surface area contributed by atoms with Gasteiger partial charge in [0, 0.05) is 31.5 Å². The van der Waals surface area contributed by atoms with E-state index in [1.54, 1.807) is 22.7 Å². The van der Waals surface area contributed by atoms with Crippen molar-refractivity contribution in [3.8, 4) is 26.8 Å². The Morgan fingerprint density at radius 3 is 2.58 bits per heavy atom. The molecule has 6 heteroatoms. The first-order chi connectivity index (χ1) is 15.3. The zero-order chi connectivity index (χ0) is 20.7. The van der Waals surface area contributed by atoms with Crippen LogP contribution in [0, 0.1) is 0 Å². The second-order valence-electron chi connectivity index (χ2n) is 7.97. The maximum absolute atomic E-state index is 6.56. The first-order valence-corrected chi connectivity index (χ1v) is 12.2. The quantitative estimate of drug-likeness (QED) is 0.368. The van der Waals surface area contributed by atoms with Gasteiger partial charge in [0.15, 0.2) is 5.01 Å². The second-order valence-corrected chi connectivity index (χ2v) is 9.88. The molecule has 0 bridgehead atoms. The Kier molecular flexibility index (Phi) is 4.62. The van der Waals surface area contributed by atoms with E-state index in [-0.39, 0.29) is 5.60 Å². The number of piperidine rings is 1. The van der Waals surface area contributed by atoms with Crippen molar-refractivity contribution in [2.75, 3.05) is 18.0 Å². The number of nitrogens with zero attached hydrogens (tertiary/aromatic N) is 3. The molecule has 0 amide bonds. The molecule has 1 fully saturated rings. The molecule has 0 N–H and O–H groups in total. The Labute approximate surface area is 189 Å². The second kappa shape index (κ2) is 7.62. The zero-order valence-corrected chi connectivity index (χ0v) is 18.5. The average molecular weight is 444 g/mol. The maximum atomic E-state index is 6.56. The van der Waals surface area contributed by atoms with Gasteiger partial charge in [0.2, 0.25) is 5.13 Å². The fourth-order valence-electron chi connectivity index (χ4n) is 4.26. The van der Waals surface area contributed by atoms with Crippen molar-refractivity contribution in [3.63, 3.8) is 0 Å². The van der Waals surface area contributed by atoms with E-state index in [1.807, 2.05) is 6.07 Å². The molecule has 4 aromatic rings. The fourth-order valence-corrected chi connectivity index (χ4v) is 5.95. The summed E-state index contributed by atoms with van der Waals surface area (Å²) in [6.07, 6.45) is 6.38. The van der Waals surface area contributed by atoms with Crippen molar-refractivity contribution in [2.24, 2.45) is 0 Å². The van der Waals surface area contributed by atoms with Crippen molar-refractivity contribution in [1.82, 2.24) is 10.2 Å². The zero-order valence-electron chi connectivity index (χ0n) is 16.9. The molecule has 0 radical (unpaired) electrons. The van der Waals surface area contributed by atoms with Crippen LogP contribution in [0.25, 0.3) is 27.1 Å². The molecule has 2 aliphatic heterocycles. The first kappa shape index (κ1) is 18.8. The van der Waals surface area contributed by atoms with Gasteiger partial charge in [0.1, 0.15) is 11.4 Å². The molecular formula is C25H21N3OS2. The normalized spacial score (nSPS) is 16.8. The molecule has 2 aromatic carbocycles. The van der Waals surface area contributed by atoms with E-state index < -0.39 is 0 Å². The van der Waals surface area contributed by atoms with Crippen LogP contribution in [0.1, 0.15) is 18.4 Å². The van der Waals surface area contributed by atoms with Crippen LogP contribution in [0.15, 0.2) is 72.1 Å². The van der Waals surface area contributed by atoms with Crippen LogP contribution in [-0.2, 0) is 0 Å². The summed E-state index contributed by atoms with van der Waals surface area (Å²) < 4.78 is 6.56. The Bertz CT molecular complexity index is 1220. The summed E-state index contributed by atoms with van der Waals surface area (Å²) in [4.78, 5) is 3.52. The van der Waals surface area contributed by atoms with Gasteiger partial charge in [0.25, 0.3) is 0 Å². The predicted molar refractivity (Wildman–Crippen MR) is 129 cm³/mol. The van der Waals surface area contributed by atoms with Crippen LogP contribution in [-0.4, -0.2) is 28.9 Å². The molecule has 1 saturated heterocycles. The Morgan fingerprint density at radius 2 is 1.77 bits per heavy atom. The van der Waals surface area contributed by atoms with Crippen LogP contribution in [0.4, 0.5) is 5.13 Å². The lowest BCUT2D eigenvalue weighted by molar-refractivity contribution is 0.0893. The van der Waals surface area contributed by atoms with E-state index in [2.05, 4.69) is 87.2 Å². The van der Waals surface area contributed by atoms with Gasteiger partial charge in [-0.25, -0.2) is 0 Å². The van der Waals surface area contributed by atoms with Gasteiger partial charge >= 0.3 is 0 Å². The standard InChI is InChI=1S/C25H21N3OS2/c1-2-5-18(6-3-1)19-8-9-21-20(17-19)10-11-25(29-21)12-14-28(15-13-25)24-27-26-23(31-24)22-7-4-16-30-22/h1-11,16-17H,12-15H2. The lowest BCUT2D eigenvalue weighted by Gasteiger charge is -2.41. The number of ether oxygens (including phenoxy) is 1. The Hall–Kier alpha value is -2.96. The summed E-state index contributed by atoms with van der Waals surface area (Å²) in [5.74, 6) is 0.978. The predicted octanol–water partition coefficient (Wildman–Crippen LogP) is 6.38. The number of benzene rings is 2. The molecule has 2 aliphatic rings. The summed E-state index contributed by atoms with van der Waals surface area (Å²) in [5, 5.41) is 12.9. The average Bonchev–Trinajstić information content (AvgIpc) is 3.52. The summed E-state index contributed by atoms with van der Waals surface area (Å²) in [5.41, 5.74) is 3.38.